The number of hydrogen-bond donors (Lipinski definition) is 2. The largest absolute Gasteiger partial charge is 0.444 e. The molecule has 2 atom stereocenters. The van der Waals surface area contributed by atoms with Gasteiger partial charge in [-0.3, -0.25) is 0 Å². The molecule has 1 aliphatic carbocycles. The molecule has 1 fully saturated rings. The minimum absolute atomic E-state index is 0.0896. The molecule has 1 aromatic heterocycles. The van der Waals surface area contributed by atoms with Crippen molar-refractivity contribution in [2.75, 3.05) is 5.32 Å². The van der Waals surface area contributed by atoms with Gasteiger partial charge in [-0.25, -0.2) is 4.79 Å². The molecule has 1 saturated carbocycles. The third-order valence-corrected chi connectivity index (χ3v) is 4.61. The van der Waals surface area contributed by atoms with E-state index in [0.717, 1.165) is 30.6 Å². The third-order valence-electron chi connectivity index (χ3n) is 4.61. The third kappa shape index (κ3) is 4.15. The number of benzene rings is 1. The lowest BCUT2D eigenvalue weighted by Crippen LogP contribution is -2.55. The van der Waals surface area contributed by atoms with E-state index in [0.29, 0.717) is 0 Å². The maximum atomic E-state index is 12.3. The zero-order valence-electron chi connectivity index (χ0n) is 15.8. The quantitative estimate of drug-likeness (QED) is 0.875. The molecule has 1 amide bonds. The highest BCUT2D eigenvalue weighted by Gasteiger charge is 2.41. The molecule has 2 N–H and O–H groups in total. The van der Waals surface area contributed by atoms with Gasteiger partial charge >= 0.3 is 6.09 Å². The molecule has 3 rings (SSSR count). The number of nitrogens with one attached hydrogen (secondary N) is 2. The second-order valence-corrected chi connectivity index (χ2v) is 7.97. The van der Waals surface area contributed by atoms with Gasteiger partial charge in [0.15, 0.2) is 0 Å². The first-order chi connectivity index (χ1) is 12.3. The molecule has 0 radical (unpaired) electrons. The molecular formula is C19H27N5O2. The number of para-hydroxylation sites is 2. The fourth-order valence-electron chi connectivity index (χ4n) is 3.38. The van der Waals surface area contributed by atoms with Crippen molar-refractivity contribution in [3.05, 3.63) is 36.7 Å². The molecule has 1 heterocycles. The van der Waals surface area contributed by atoms with Gasteiger partial charge in [0.25, 0.3) is 0 Å². The molecule has 7 nitrogen and oxygen atoms in total. The summed E-state index contributed by atoms with van der Waals surface area (Å²) in [6.07, 6.45) is 5.82. The van der Waals surface area contributed by atoms with Gasteiger partial charge in [-0.05, 0) is 59.1 Å². The summed E-state index contributed by atoms with van der Waals surface area (Å²) in [5.74, 6) is 0. The van der Waals surface area contributed by atoms with Crippen LogP contribution in [-0.4, -0.2) is 38.3 Å². The zero-order valence-corrected chi connectivity index (χ0v) is 15.8. The first-order valence-electron chi connectivity index (χ1n) is 9.00. The van der Waals surface area contributed by atoms with Gasteiger partial charge in [0.1, 0.15) is 11.3 Å². The molecule has 2 unspecified atom stereocenters. The molecule has 140 valence electrons. The number of anilines is 1. The number of carbonyl (C=O) groups is 1. The highest BCUT2D eigenvalue weighted by atomic mass is 16.6. The summed E-state index contributed by atoms with van der Waals surface area (Å²) >= 11 is 0. The summed E-state index contributed by atoms with van der Waals surface area (Å²) in [7, 11) is 0. The highest BCUT2D eigenvalue weighted by Crippen LogP contribution is 2.33. The van der Waals surface area contributed by atoms with E-state index in [1.807, 2.05) is 45.0 Å². The van der Waals surface area contributed by atoms with Crippen LogP contribution in [0.3, 0.4) is 0 Å². The normalized spacial score (nSPS) is 22.8. The van der Waals surface area contributed by atoms with Gasteiger partial charge in [0.2, 0.25) is 0 Å². The number of alkyl carbamates (subject to hydrolysis) is 1. The van der Waals surface area contributed by atoms with Crippen LogP contribution in [-0.2, 0) is 4.74 Å². The second-order valence-electron chi connectivity index (χ2n) is 7.97. The molecule has 0 saturated heterocycles. The van der Waals surface area contributed by atoms with Gasteiger partial charge in [-0.15, -0.1) is 4.80 Å². The minimum atomic E-state index is -0.514. The lowest BCUT2D eigenvalue weighted by molar-refractivity contribution is 0.0461. The Morgan fingerprint density at radius 1 is 1.27 bits per heavy atom. The Morgan fingerprint density at radius 2 is 1.96 bits per heavy atom. The molecule has 2 aromatic rings. The van der Waals surface area contributed by atoms with E-state index in [9.17, 15) is 4.79 Å². The number of carbonyl (C=O) groups excluding carboxylic acids is 1. The van der Waals surface area contributed by atoms with Crippen LogP contribution in [0.15, 0.2) is 36.7 Å². The average Bonchev–Trinajstić information content (AvgIpc) is 3.17. The van der Waals surface area contributed by atoms with Crippen LogP contribution in [0.1, 0.15) is 47.0 Å². The SMILES string of the molecule is CC(C)(C)OC(=O)NC1(C)CCCC1Nc1ccccc1-n1nccn1. The summed E-state index contributed by atoms with van der Waals surface area (Å²) < 4.78 is 5.44. The summed E-state index contributed by atoms with van der Waals surface area (Å²) in [6.45, 7) is 7.67. The van der Waals surface area contributed by atoms with E-state index >= 15 is 0 Å². The monoisotopic (exact) mass is 357 g/mol. The molecule has 1 aromatic carbocycles. The van der Waals surface area contributed by atoms with Gasteiger partial charge in [0.05, 0.1) is 23.6 Å². The highest BCUT2D eigenvalue weighted by molar-refractivity contribution is 5.69. The van der Waals surface area contributed by atoms with Crippen molar-refractivity contribution >= 4 is 11.8 Å². The number of aromatic nitrogens is 3. The molecule has 26 heavy (non-hydrogen) atoms. The van der Waals surface area contributed by atoms with Crippen LogP contribution in [0.5, 0.6) is 0 Å². The van der Waals surface area contributed by atoms with Gasteiger partial charge < -0.3 is 15.4 Å². The first-order valence-corrected chi connectivity index (χ1v) is 9.00. The van der Waals surface area contributed by atoms with Crippen molar-refractivity contribution < 1.29 is 9.53 Å². The Bertz CT molecular complexity index is 754. The zero-order chi connectivity index (χ0) is 18.8. The number of amides is 1. The Labute approximate surface area is 154 Å². The van der Waals surface area contributed by atoms with Crippen LogP contribution in [0, 0.1) is 0 Å². The Morgan fingerprint density at radius 3 is 2.65 bits per heavy atom. The molecular weight excluding hydrogens is 330 g/mol. The Balaban J connectivity index is 1.76. The van der Waals surface area contributed by atoms with Gasteiger partial charge in [0, 0.05) is 6.04 Å². The predicted molar refractivity (Wildman–Crippen MR) is 100 cm³/mol. The number of nitrogens with zero attached hydrogens (tertiary/aromatic N) is 3. The topological polar surface area (TPSA) is 81.1 Å². The first kappa shape index (κ1) is 18.2. The van der Waals surface area contributed by atoms with E-state index in [-0.39, 0.29) is 17.7 Å². The van der Waals surface area contributed by atoms with E-state index in [4.69, 9.17) is 4.74 Å². The van der Waals surface area contributed by atoms with E-state index in [1.165, 1.54) is 0 Å². The molecule has 1 aliphatic rings. The van der Waals surface area contributed by atoms with Crippen molar-refractivity contribution in [2.24, 2.45) is 0 Å². The van der Waals surface area contributed by atoms with Crippen molar-refractivity contribution in [3.63, 3.8) is 0 Å². The maximum absolute atomic E-state index is 12.3. The molecule has 7 heteroatoms. The minimum Gasteiger partial charge on any atom is -0.444 e. The Hall–Kier alpha value is -2.57. The van der Waals surface area contributed by atoms with E-state index in [1.54, 1.807) is 17.2 Å². The van der Waals surface area contributed by atoms with Crippen molar-refractivity contribution in [2.45, 2.75) is 64.1 Å². The van der Waals surface area contributed by atoms with Crippen molar-refractivity contribution in [1.82, 2.24) is 20.3 Å². The van der Waals surface area contributed by atoms with Gasteiger partial charge in [-0.1, -0.05) is 12.1 Å². The second kappa shape index (κ2) is 6.97. The van der Waals surface area contributed by atoms with E-state index in [2.05, 4.69) is 27.8 Å². The summed E-state index contributed by atoms with van der Waals surface area (Å²) in [5, 5.41) is 15.1. The lowest BCUT2D eigenvalue weighted by Gasteiger charge is -2.35. The summed E-state index contributed by atoms with van der Waals surface area (Å²) in [5.41, 5.74) is 0.921. The summed E-state index contributed by atoms with van der Waals surface area (Å²) in [4.78, 5) is 13.9. The van der Waals surface area contributed by atoms with Crippen LogP contribution in [0.25, 0.3) is 5.69 Å². The fraction of sp³-hybridized carbons (Fsp3) is 0.526. The molecule has 0 aliphatic heterocycles. The smallest absolute Gasteiger partial charge is 0.408 e. The summed E-state index contributed by atoms with van der Waals surface area (Å²) in [6, 6.07) is 7.99. The van der Waals surface area contributed by atoms with Crippen LogP contribution in [0.4, 0.5) is 10.5 Å². The van der Waals surface area contributed by atoms with Crippen LogP contribution >= 0.6 is 0 Å². The number of ether oxygens (including phenoxy) is 1. The van der Waals surface area contributed by atoms with Crippen LogP contribution in [0.2, 0.25) is 0 Å². The van der Waals surface area contributed by atoms with Gasteiger partial charge in [-0.2, -0.15) is 10.2 Å². The van der Waals surface area contributed by atoms with Crippen molar-refractivity contribution in [1.29, 1.82) is 0 Å². The Kier molecular flexibility index (Phi) is 4.89. The van der Waals surface area contributed by atoms with E-state index < -0.39 is 5.60 Å². The van der Waals surface area contributed by atoms with Crippen LogP contribution < -0.4 is 10.6 Å². The molecule has 0 spiro atoms. The molecule has 0 bridgehead atoms. The number of rotatable bonds is 4. The van der Waals surface area contributed by atoms with Crippen molar-refractivity contribution in [3.8, 4) is 5.69 Å². The maximum Gasteiger partial charge on any atom is 0.408 e. The average molecular weight is 357 g/mol. The standard InChI is InChI=1S/C19H27N5O2/c1-18(2,3)26-17(25)23-19(4)11-7-10-16(19)22-14-8-5-6-9-15(14)24-20-12-13-21-24/h5-6,8-9,12-13,16,22H,7,10-11H2,1-4H3,(H,23,25). The fourth-order valence-corrected chi connectivity index (χ4v) is 3.38. The predicted octanol–water partition coefficient (Wildman–Crippen LogP) is 3.52. The number of hydrogen-bond acceptors (Lipinski definition) is 5. The lowest BCUT2D eigenvalue weighted by atomic mass is 9.95.